The third-order valence-corrected chi connectivity index (χ3v) is 2.00. The molecule has 0 unspecified atom stereocenters. The van der Waals surface area contributed by atoms with Crippen LogP contribution in [-0.4, -0.2) is 31.2 Å². The quantitative estimate of drug-likeness (QED) is 0.631. The third kappa shape index (κ3) is 1.97. The van der Waals surface area contributed by atoms with Gasteiger partial charge in [-0.3, -0.25) is 4.79 Å². The number of carbonyl (C=O) groups is 2. The first kappa shape index (κ1) is 10.8. The number of halogens is 3. The molecular weight excluding hydrogens is 203 g/mol. The molecule has 0 aromatic carbocycles. The van der Waals surface area contributed by atoms with Crippen LogP contribution in [0, 0.1) is 5.92 Å². The van der Waals surface area contributed by atoms with E-state index in [9.17, 15) is 22.8 Å². The lowest BCUT2D eigenvalue weighted by molar-refractivity contribution is -0.185. The van der Waals surface area contributed by atoms with Crippen LogP contribution in [0.3, 0.4) is 0 Å². The highest BCUT2D eigenvalue weighted by molar-refractivity contribution is 5.88. The van der Waals surface area contributed by atoms with Gasteiger partial charge in [-0.05, 0) is 0 Å². The standard InChI is InChI=1S/C7H8F3NO3/c1-14-6(13)5-3(7(8,9)10)2-4(12)11-5/h3,5H,2H2,1H3,(H,11,12)/t3-,5-/m0/s1. The summed E-state index contributed by atoms with van der Waals surface area (Å²) in [6.45, 7) is 0. The summed E-state index contributed by atoms with van der Waals surface area (Å²) in [6, 6.07) is -1.60. The Labute approximate surface area is 77.4 Å². The second-order valence-electron chi connectivity index (χ2n) is 2.92. The largest absolute Gasteiger partial charge is 0.467 e. The molecule has 14 heavy (non-hydrogen) atoms. The maximum Gasteiger partial charge on any atom is 0.394 e. The molecule has 1 aliphatic rings. The van der Waals surface area contributed by atoms with Crippen LogP contribution < -0.4 is 5.32 Å². The Kier molecular flexibility index (Phi) is 2.68. The predicted molar refractivity (Wildman–Crippen MR) is 38.1 cm³/mol. The molecule has 0 aromatic rings. The molecule has 1 amide bonds. The van der Waals surface area contributed by atoms with E-state index in [1.54, 1.807) is 0 Å². The first-order valence-corrected chi connectivity index (χ1v) is 3.80. The highest BCUT2D eigenvalue weighted by Gasteiger charge is 2.53. The van der Waals surface area contributed by atoms with Gasteiger partial charge in [-0.25, -0.2) is 4.79 Å². The van der Waals surface area contributed by atoms with Gasteiger partial charge in [-0.15, -0.1) is 0 Å². The summed E-state index contributed by atoms with van der Waals surface area (Å²) in [5.74, 6) is -3.84. The summed E-state index contributed by atoms with van der Waals surface area (Å²) < 4.78 is 41.0. The maximum atomic E-state index is 12.3. The van der Waals surface area contributed by atoms with Gasteiger partial charge in [0.1, 0.15) is 6.04 Å². The zero-order chi connectivity index (χ0) is 10.9. The van der Waals surface area contributed by atoms with E-state index in [0.717, 1.165) is 7.11 Å². The Bertz CT molecular complexity index is 263. The molecule has 0 aromatic heterocycles. The molecule has 0 bridgehead atoms. The summed E-state index contributed by atoms with van der Waals surface area (Å²) in [6.07, 6.45) is -5.29. The van der Waals surface area contributed by atoms with Crippen molar-refractivity contribution in [2.24, 2.45) is 5.92 Å². The molecule has 4 nitrogen and oxygen atoms in total. The van der Waals surface area contributed by atoms with Crippen molar-refractivity contribution in [3.63, 3.8) is 0 Å². The molecule has 1 fully saturated rings. The number of amides is 1. The molecule has 1 rings (SSSR count). The van der Waals surface area contributed by atoms with E-state index in [1.807, 2.05) is 5.32 Å². The molecule has 1 saturated heterocycles. The van der Waals surface area contributed by atoms with E-state index in [1.165, 1.54) is 0 Å². The van der Waals surface area contributed by atoms with E-state index in [-0.39, 0.29) is 0 Å². The lowest BCUT2D eigenvalue weighted by atomic mass is 10.0. The highest BCUT2D eigenvalue weighted by atomic mass is 19.4. The van der Waals surface area contributed by atoms with Crippen molar-refractivity contribution >= 4 is 11.9 Å². The van der Waals surface area contributed by atoms with E-state index < -0.39 is 36.4 Å². The summed E-state index contributed by atoms with van der Waals surface area (Å²) in [5, 5.41) is 1.93. The van der Waals surface area contributed by atoms with Crippen molar-refractivity contribution in [3.05, 3.63) is 0 Å². The van der Waals surface area contributed by atoms with Crippen LogP contribution in [0.2, 0.25) is 0 Å². The van der Waals surface area contributed by atoms with Crippen molar-refractivity contribution in [1.82, 2.24) is 5.32 Å². The first-order valence-electron chi connectivity index (χ1n) is 3.80. The summed E-state index contributed by atoms with van der Waals surface area (Å²) >= 11 is 0. The molecule has 0 aliphatic carbocycles. The van der Waals surface area contributed by atoms with Crippen molar-refractivity contribution in [3.8, 4) is 0 Å². The second kappa shape index (κ2) is 3.47. The van der Waals surface area contributed by atoms with E-state index >= 15 is 0 Å². The minimum atomic E-state index is -4.57. The Morgan fingerprint density at radius 2 is 2.14 bits per heavy atom. The van der Waals surface area contributed by atoms with Crippen molar-refractivity contribution in [2.45, 2.75) is 18.6 Å². The van der Waals surface area contributed by atoms with Gasteiger partial charge in [-0.2, -0.15) is 13.2 Å². The number of carbonyl (C=O) groups excluding carboxylic acids is 2. The smallest absolute Gasteiger partial charge is 0.394 e. The van der Waals surface area contributed by atoms with Gasteiger partial charge < -0.3 is 10.1 Å². The van der Waals surface area contributed by atoms with Crippen LogP contribution >= 0.6 is 0 Å². The van der Waals surface area contributed by atoms with E-state index in [4.69, 9.17) is 0 Å². The molecule has 1 heterocycles. The number of methoxy groups -OCH3 is 1. The Balaban J connectivity index is 2.83. The second-order valence-corrected chi connectivity index (χ2v) is 2.92. The average Bonchev–Trinajstić information content (AvgIpc) is 2.45. The van der Waals surface area contributed by atoms with Crippen molar-refractivity contribution < 1.29 is 27.5 Å². The van der Waals surface area contributed by atoms with Crippen LogP contribution in [0.15, 0.2) is 0 Å². The average molecular weight is 211 g/mol. The number of nitrogens with one attached hydrogen (secondary N) is 1. The maximum absolute atomic E-state index is 12.3. The van der Waals surface area contributed by atoms with Crippen LogP contribution in [0.1, 0.15) is 6.42 Å². The molecule has 2 atom stereocenters. The molecule has 0 spiro atoms. The lowest BCUT2D eigenvalue weighted by Gasteiger charge is -2.18. The topological polar surface area (TPSA) is 55.4 Å². The van der Waals surface area contributed by atoms with Crippen molar-refractivity contribution in [2.75, 3.05) is 7.11 Å². The molecular formula is C7H8F3NO3. The number of hydrogen-bond donors (Lipinski definition) is 1. The normalized spacial score (nSPS) is 27.3. The molecule has 0 saturated carbocycles. The van der Waals surface area contributed by atoms with Gasteiger partial charge in [0.05, 0.1) is 13.0 Å². The molecule has 80 valence electrons. The van der Waals surface area contributed by atoms with Crippen LogP contribution in [0.4, 0.5) is 13.2 Å². The van der Waals surface area contributed by atoms with Crippen LogP contribution in [0.5, 0.6) is 0 Å². The fourth-order valence-corrected chi connectivity index (χ4v) is 1.31. The van der Waals surface area contributed by atoms with E-state index in [0.29, 0.717) is 0 Å². The molecule has 7 heteroatoms. The summed E-state index contributed by atoms with van der Waals surface area (Å²) in [4.78, 5) is 21.6. The van der Waals surface area contributed by atoms with Gasteiger partial charge in [0.2, 0.25) is 5.91 Å². The molecule has 0 radical (unpaired) electrons. The van der Waals surface area contributed by atoms with Gasteiger partial charge in [0.15, 0.2) is 0 Å². The Morgan fingerprint density at radius 3 is 2.57 bits per heavy atom. The molecule has 1 aliphatic heterocycles. The highest BCUT2D eigenvalue weighted by Crippen LogP contribution is 2.34. The first-order chi connectivity index (χ1) is 6.36. The van der Waals surface area contributed by atoms with E-state index in [2.05, 4.69) is 4.74 Å². The SMILES string of the molecule is COC(=O)[C@H]1NC(=O)C[C@@H]1C(F)(F)F. The number of esters is 1. The minimum absolute atomic E-state index is 0.719. The van der Waals surface area contributed by atoms with Crippen LogP contribution in [-0.2, 0) is 14.3 Å². The van der Waals surface area contributed by atoms with Gasteiger partial charge in [0.25, 0.3) is 0 Å². The predicted octanol–water partition coefficient (Wildman–Crippen LogP) is 0.226. The summed E-state index contributed by atoms with van der Waals surface area (Å²) in [7, 11) is 0.972. The molecule has 1 N–H and O–H groups in total. The lowest BCUT2D eigenvalue weighted by Crippen LogP contribution is -2.42. The Morgan fingerprint density at radius 1 is 1.57 bits per heavy atom. The zero-order valence-electron chi connectivity index (χ0n) is 7.22. The Hall–Kier alpha value is -1.27. The van der Waals surface area contributed by atoms with Crippen LogP contribution in [0.25, 0.3) is 0 Å². The number of rotatable bonds is 1. The fourth-order valence-electron chi connectivity index (χ4n) is 1.31. The van der Waals surface area contributed by atoms with Gasteiger partial charge in [0, 0.05) is 6.42 Å². The minimum Gasteiger partial charge on any atom is -0.467 e. The van der Waals surface area contributed by atoms with Gasteiger partial charge >= 0.3 is 12.1 Å². The number of hydrogen-bond acceptors (Lipinski definition) is 3. The zero-order valence-corrected chi connectivity index (χ0v) is 7.22. The number of ether oxygens (including phenoxy) is 1. The third-order valence-electron chi connectivity index (χ3n) is 2.00. The monoisotopic (exact) mass is 211 g/mol. The van der Waals surface area contributed by atoms with Gasteiger partial charge in [-0.1, -0.05) is 0 Å². The number of alkyl halides is 3. The fraction of sp³-hybridized carbons (Fsp3) is 0.714. The van der Waals surface area contributed by atoms with Crippen molar-refractivity contribution in [1.29, 1.82) is 0 Å². The summed E-state index contributed by atoms with van der Waals surface area (Å²) in [5.41, 5.74) is 0.